The van der Waals surface area contributed by atoms with Gasteiger partial charge in [-0.3, -0.25) is 9.89 Å². The number of nitrogens with one attached hydrogen (secondary N) is 1. The highest BCUT2D eigenvalue weighted by Gasteiger charge is 2.49. The highest BCUT2D eigenvalue weighted by atomic mass is 16.2. The van der Waals surface area contributed by atoms with Gasteiger partial charge in [0.05, 0.1) is 11.6 Å². The molecule has 1 N–H and O–H groups in total. The molecule has 2 aromatic rings. The number of H-pyrrole nitrogens is 1. The second kappa shape index (κ2) is 4.99. The average molecular weight is 292 g/mol. The molecule has 0 bridgehead atoms. The van der Waals surface area contributed by atoms with Crippen molar-refractivity contribution >= 4 is 19.6 Å². The first-order chi connectivity index (χ1) is 10.7. The lowest BCUT2D eigenvalue weighted by Gasteiger charge is -2.23. The highest BCUT2D eigenvalue weighted by Crippen LogP contribution is 2.41. The Hall–Kier alpha value is -2.08. The lowest BCUT2D eigenvalue weighted by Crippen LogP contribution is -2.36. The number of nitrogens with zero attached hydrogens (tertiary/aromatic N) is 3. The number of amides is 1. The summed E-state index contributed by atoms with van der Waals surface area (Å²) in [5, 5.41) is 6.77. The van der Waals surface area contributed by atoms with Crippen LogP contribution in [0.2, 0.25) is 0 Å². The molecule has 4 rings (SSSR count). The largest absolute Gasteiger partial charge is 0.353 e. The van der Waals surface area contributed by atoms with Crippen molar-refractivity contribution in [3.8, 4) is 11.1 Å². The lowest BCUT2D eigenvalue weighted by molar-refractivity contribution is -0.124. The minimum atomic E-state index is -0.266. The molecule has 1 amide bonds. The summed E-state index contributed by atoms with van der Waals surface area (Å²) in [5.74, 6) is 0.219. The van der Waals surface area contributed by atoms with Crippen molar-refractivity contribution in [3.63, 3.8) is 0 Å². The van der Waals surface area contributed by atoms with E-state index in [1.807, 2.05) is 35.4 Å². The molecule has 110 valence electrons. The van der Waals surface area contributed by atoms with Crippen molar-refractivity contribution in [2.24, 2.45) is 5.41 Å². The van der Waals surface area contributed by atoms with Gasteiger partial charge in [0.25, 0.3) is 0 Å². The molecule has 22 heavy (non-hydrogen) atoms. The summed E-state index contributed by atoms with van der Waals surface area (Å²) < 4.78 is 0. The molecular weight excluding hydrogens is 275 g/mol. The Morgan fingerprint density at radius 1 is 1.14 bits per heavy atom. The molecule has 6 heteroatoms. The van der Waals surface area contributed by atoms with Gasteiger partial charge in [-0.2, -0.15) is 5.10 Å². The predicted octanol–water partition coefficient (Wildman–Crippen LogP) is 1.59. The second-order valence-corrected chi connectivity index (χ2v) is 6.24. The molecule has 1 spiro atoms. The number of aromatic nitrogens is 2. The Kier molecular flexibility index (Phi) is 3.08. The summed E-state index contributed by atoms with van der Waals surface area (Å²) in [7, 11) is 5.86. The number of aromatic amines is 1. The lowest BCUT2D eigenvalue weighted by atomic mass is 9.85. The average Bonchev–Trinajstić information content (AvgIpc) is 3.24. The number of rotatable bonds is 2. The number of hydrogen-bond acceptors (Lipinski definition) is 3. The number of anilines is 1. The van der Waals surface area contributed by atoms with Crippen LogP contribution in [0.1, 0.15) is 12.8 Å². The van der Waals surface area contributed by atoms with Crippen molar-refractivity contribution < 1.29 is 4.79 Å². The second-order valence-electron chi connectivity index (χ2n) is 6.24. The molecule has 1 aromatic carbocycles. The van der Waals surface area contributed by atoms with Gasteiger partial charge in [0.15, 0.2) is 7.98 Å². The summed E-state index contributed by atoms with van der Waals surface area (Å²) in [5.41, 5.74) is 2.83. The van der Waals surface area contributed by atoms with Gasteiger partial charge in [0, 0.05) is 30.5 Å². The predicted molar refractivity (Wildman–Crippen MR) is 85.4 cm³/mol. The fourth-order valence-corrected chi connectivity index (χ4v) is 3.59. The van der Waals surface area contributed by atoms with E-state index in [1.165, 1.54) is 0 Å². The van der Waals surface area contributed by atoms with Gasteiger partial charge in [-0.05, 0) is 37.1 Å². The Morgan fingerprint density at radius 2 is 1.91 bits per heavy atom. The van der Waals surface area contributed by atoms with Crippen molar-refractivity contribution in [1.82, 2.24) is 15.0 Å². The molecule has 2 fully saturated rings. The first-order valence-electron chi connectivity index (χ1n) is 7.59. The van der Waals surface area contributed by atoms with Gasteiger partial charge in [0.2, 0.25) is 5.91 Å². The third kappa shape index (κ3) is 2.06. The summed E-state index contributed by atoms with van der Waals surface area (Å²) in [4.78, 5) is 16.5. The topological polar surface area (TPSA) is 52.2 Å². The van der Waals surface area contributed by atoms with E-state index in [0.29, 0.717) is 6.54 Å². The number of hydrogen-bond donors (Lipinski definition) is 1. The normalized spacial score (nSPS) is 25.5. The fraction of sp³-hybridized carbons (Fsp3) is 0.375. The van der Waals surface area contributed by atoms with Crippen LogP contribution in [0.3, 0.4) is 0 Å². The van der Waals surface area contributed by atoms with Gasteiger partial charge in [-0.25, -0.2) is 0 Å². The van der Waals surface area contributed by atoms with Crippen LogP contribution < -0.4 is 4.90 Å². The van der Waals surface area contributed by atoms with Gasteiger partial charge >= 0.3 is 0 Å². The van der Waals surface area contributed by atoms with E-state index >= 15 is 0 Å². The van der Waals surface area contributed by atoms with E-state index in [4.69, 9.17) is 7.98 Å². The Labute approximate surface area is 130 Å². The molecule has 0 saturated carbocycles. The van der Waals surface area contributed by atoms with Crippen LogP contribution in [0.5, 0.6) is 0 Å². The van der Waals surface area contributed by atoms with Crippen molar-refractivity contribution in [2.75, 3.05) is 24.5 Å². The summed E-state index contributed by atoms with van der Waals surface area (Å²) in [6.07, 6.45) is 5.41. The number of carbonyl (C=O) groups excluding carboxylic acids is 1. The monoisotopic (exact) mass is 292 g/mol. The van der Waals surface area contributed by atoms with E-state index in [-0.39, 0.29) is 11.3 Å². The van der Waals surface area contributed by atoms with Crippen LogP contribution in [0.25, 0.3) is 11.1 Å². The Morgan fingerprint density at radius 3 is 2.55 bits per heavy atom. The standard InChI is InChI=1S/C16H17BN4O/c17-20-7-5-16(11-20)6-8-21(15(16)22)14-3-1-12(2-4-14)13-9-18-19-10-13/h1-4,9-10H,5-8,11H2,(H,18,19). The van der Waals surface area contributed by atoms with Gasteiger partial charge < -0.3 is 9.71 Å². The maximum Gasteiger partial charge on any atom is 0.234 e. The van der Waals surface area contributed by atoms with Crippen LogP contribution in [0.15, 0.2) is 36.7 Å². The Balaban J connectivity index is 1.57. The summed E-state index contributed by atoms with van der Waals surface area (Å²) >= 11 is 0. The molecular formula is C16H17BN4O. The molecule has 5 nitrogen and oxygen atoms in total. The molecule has 2 radical (unpaired) electrons. The molecule has 2 aliphatic rings. The van der Waals surface area contributed by atoms with E-state index in [2.05, 4.69) is 10.2 Å². The van der Waals surface area contributed by atoms with Gasteiger partial charge in [-0.1, -0.05) is 12.1 Å². The van der Waals surface area contributed by atoms with Crippen molar-refractivity contribution in [2.45, 2.75) is 12.8 Å². The number of carbonyl (C=O) groups is 1. The molecule has 0 aliphatic carbocycles. The van der Waals surface area contributed by atoms with Gasteiger partial charge in [0.1, 0.15) is 0 Å². The molecule has 1 aromatic heterocycles. The zero-order chi connectivity index (χ0) is 15.2. The first kappa shape index (κ1) is 13.6. The maximum atomic E-state index is 12.8. The van der Waals surface area contributed by atoms with Crippen molar-refractivity contribution in [1.29, 1.82) is 0 Å². The third-order valence-corrected chi connectivity index (χ3v) is 4.91. The van der Waals surface area contributed by atoms with E-state index in [9.17, 15) is 4.79 Å². The molecule has 1 unspecified atom stereocenters. The SMILES string of the molecule is [B]N1CCC2(CCN(c3ccc(-c4cn[nH]c4)cc3)C2=O)C1. The van der Waals surface area contributed by atoms with Crippen LogP contribution in [0, 0.1) is 5.41 Å². The first-order valence-corrected chi connectivity index (χ1v) is 7.59. The third-order valence-electron chi connectivity index (χ3n) is 4.91. The van der Waals surface area contributed by atoms with E-state index < -0.39 is 0 Å². The molecule has 3 heterocycles. The number of benzene rings is 1. The zero-order valence-electron chi connectivity index (χ0n) is 12.3. The fourth-order valence-electron chi connectivity index (χ4n) is 3.59. The maximum absolute atomic E-state index is 12.8. The summed E-state index contributed by atoms with van der Waals surface area (Å²) in [6, 6.07) is 8.08. The molecule has 1 atom stereocenters. The van der Waals surface area contributed by atoms with Crippen LogP contribution in [0.4, 0.5) is 5.69 Å². The zero-order valence-corrected chi connectivity index (χ0v) is 12.3. The summed E-state index contributed by atoms with van der Waals surface area (Å²) in [6.45, 7) is 2.26. The smallest absolute Gasteiger partial charge is 0.234 e. The quantitative estimate of drug-likeness (QED) is 0.855. The molecule has 2 saturated heterocycles. The minimum absolute atomic E-state index is 0.219. The van der Waals surface area contributed by atoms with Gasteiger partial charge in [-0.15, -0.1) is 0 Å². The Bertz CT molecular complexity index is 685. The highest BCUT2D eigenvalue weighted by molar-refractivity contribution is 6.06. The van der Waals surface area contributed by atoms with Crippen LogP contribution >= 0.6 is 0 Å². The van der Waals surface area contributed by atoms with Crippen LogP contribution in [-0.2, 0) is 4.79 Å². The minimum Gasteiger partial charge on any atom is -0.353 e. The van der Waals surface area contributed by atoms with E-state index in [1.54, 1.807) is 11.0 Å². The van der Waals surface area contributed by atoms with Crippen LogP contribution in [-0.4, -0.2) is 48.5 Å². The van der Waals surface area contributed by atoms with Crippen molar-refractivity contribution in [3.05, 3.63) is 36.7 Å². The molecule has 2 aliphatic heterocycles. The van der Waals surface area contributed by atoms with E-state index in [0.717, 1.165) is 42.7 Å².